The van der Waals surface area contributed by atoms with Gasteiger partial charge in [-0.1, -0.05) is 24.3 Å². The summed E-state index contributed by atoms with van der Waals surface area (Å²) in [5.74, 6) is 1.26. The molecule has 18 heteroatoms. The Morgan fingerprint density at radius 1 is 0.350 bits per heavy atom. The summed E-state index contributed by atoms with van der Waals surface area (Å²) in [6, 6.07) is 38.4. The molecular weight excluding hydrogens is 895 g/mol. The first-order valence-electron chi connectivity index (χ1n) is 17.4. The van der Waals surface area contributed by atoms with Gasteiger partial charge in [0.1, 0.15) is 11.4 Å². The molecule has 0 radical (unpaired) electrons. The van der Waals surface area contributed by atoms with Crippen LogP contribution in [0.5, 0.6) is 0 Å². The van der Waals surface area contributed by atoms with E-state index in [9.17, 15) is 25.2 Å². The first kappa shape index (κ1) is 42.8. The van der Waals surface area contributed by atoms with Crippen LogP contribution in [0.15, 0.2) is 180 Å². The van der Waals surface area contributed by atoms with E-state index in [2.05, 4.69) is 29.9 Å². The molecule has 1 aromatic carbocycles. The maximum atomic E-state index is 9.87. The third-order valence-corrected chi connectivity index (χ3v) is 7.94. The summed E-state index contributed by atoms with van der Waals surface area (Å²) in [7, 11) is -10.7. The normalized spacial score (nSPS) is 12.0. The van der Waals surface area contributed by atoms with Gasteiger partial charge in [0, 0.05) is 48.0 Å². The molecule has 0 unspecified atom stereocenters. The summed E-state index contributed by atoms with van der Waals surface area (Å²) in [5.41, 5.74) is 8.02. The molecule has 0 aliphatic carbocycles. The molecule has 60 heavy (non-hydrogen) atoms. The number of aromatic nitrogens is 8. The van der Waals surface area contributed by atoms with Crippen LogP contribution >= 0.6 is 7.81 Å². The smallest absolute Gasteiger partial charge is 0.463 e. The van der Waals surface area contributed by atoms with Crippen molar-refractivity contribution >= 4 is 40.6 Å². The molecule has 0 spiro atoms. The van der Waals surface area contributed by atoms with E-state index in [0.29, 0.717) is 22.9 Å². The van der Waals surface area contributed by atoms with E-state index < -0.39 is 7.81 Å². The second kappa shape index (κ2) is 17.6. The van der Waals surface area contributed by atoms with E-state index in [1.807, 2.05) is 121 Å². The second-order valence-corrected chi connectivity index (χ2v) is 14.1. The van der Waals surface area contributed by atoms with Crippen LogP contribution in [0.3, 0.4) is 0 Å². The molecule has 9 aromatic heterocycles. The largest absolute Gasteiger partial charge is 2.00 e. The van der Waals surface area contributed by atoms with Crippen LogP contribution in [0.25, 0.3) is 78.5 Å². The number of hydrogen-bond acceptors (Lipinski definition) is 10. The molecule has 0 amide bonds. The van der Waals surface area contributed by atoms with Crippen molar-refractivity contribution in [2.75, 3.05) is 0 Å². The van der Waals surface area contributed by atoms with Gasteiger partial charge in [-0.15, -0.1) is 0 Å². The number of pyridine rings is 6. The first-order valence-corrected chi connectivity index (χ1v) is 19.4. The van der Waals surface area contributed by atoms with E-state index in [4.69, 9.17) is 18.8 Å². The Morgan fingerprint density at radius 3 is 0.933 bits per heavy atom. The standard InChI is InChI=1S/C22H12N4O2.2C10H8N2.F6P.Ru/c1-5-13-17(23-9-1)18-14(6-2-10-24-18)20-19(13)25-21(15-7-3-11-27-15)22(26-20)16-8-4-12-28-16;2*1-3-7-11-9(5-1)10-6-2-4-8-12-10;1-7(2,3,4,5)6;/h1-12H;2*1-8H;;/q;;;-1;+2. The number of nitrogens with zero attached hydrogens (tertiary/aromatic N) is 8. The van der Waals surface area contributed by atoms with Gasteiger partial charge in [0.25, 0.3) is 0 Å². The van der Waals surface area contributed by atoms with Gasteiger partial charge in [-0.3, -0.25) is 29.9 Å². The van der Waals surface area contributed by atoms with Gasteiger partial charge in [-0.25, -0.2) is 9.97 Å². The molecule has 0 saturated heterocycles. The van der Waals surface area contributed by atoms with Gasteiger partial charge in [0.2, 0.25) is 0 Å². The van der Waals surface area contributed by atoms with E-state index in [0.717, 1.165) is 55.6 Å². The average Bonchev–Trinajstić information content (AvgIpc) is 4.01. The predicted octanol–water partition coefficient (Wildman–Crippen LogP) is 12.9. The van der Waals surface area contributed by atoms with Gasteiger partial charge < -0.3 is 8.83 Å². The molecule has 0 bridgehead atoms. The molecular formula is C42H28F6N8O2PRu+. The molecule has 0 fully saturated rings. The van der Waals surface area contributed by atoms with Crippen molar-refractivity contribution in [2.45, 2.75) is 0 Å². The van der Waals surface area contributed by atoms with Crippen molar-refractivity contribution in [3.8, 4) is 45.7 Å². The minimum Gasteiger partial charge on any atom is -0.463 e. The fourth-order valence-corrected chi connectivity index (χ4v) is 5.61. The van der Waals surface area contributed by atoms with E-state index >= 15 is 0 Å². The minimum atomic E-state index is -10.7. The Morgan fingerprint density at radius 2 is 0.667 bits per heavy atom. The number of furan rings is 2. The summed E-state index contributed by atoms with van der Waals surface area (Å²) < 4.78 is 70.5. The second-order valence-electron chi connectivity index (χ2n) is 12.2. The molecule has 0 aliphatic heterocycles. The van der Waals surface area contributed by atoms with Crippen molar-refractivity contribution in [3.05, 3.63) is 171 Å². The topological polar surface area (TPSA) is 129 Å². The Bertz CT molecular complexity index is 2650. The maximum Gasteiger partial charge on any atom is 2.00 e. The molecule has 302 valence electrons. The molecule has 0 N–H and O–H groups in total. The number of rotatable bonds is 4. The van der Waals surface area contributed by atoms with E-state index in [1.165, 1.54) is 0 Å². The van der Waals surface area contributed by atoms with Gasteiger partial charge in [-0.2, -0.15) is 0 Å². The fraction of sp³-hybridized carbons (Fsp3) is 0. The van der Waals surface area contributed by atoms with Crippen LogP contribution in [-0.4, -0.2) is 39.9 Å². The predicted molar refractivity (Wildman–Crippen MR) is 214 cm³/mol. The average molecular weight is 923 g/mol. The Labute approximate surface area is 349 Å². The van der Waals surface area contributed by atoms with Crippen LogP contribution in [0.1, 0.15) is 0 Å². The zero-order valence-electron chi connectivity index (χ0n) is 30.6. The molecule has 10 nitrogen and oxygen atoms in total. The number of halogens is 6. The summed E-state index contributed by atoms with van der Waals surface area (Å²) in [5, 5.41) is 1.80. The van der Waals surface area contributed by atoms with Gasteiger partial charge in [0.15, 0.2) is 11.5 Å². The Balaban J connectivity index is 0.000000157. The molecule has 10 rings (SSSR count). The molecule has 0 aliphatic rings. The number of benzene rings is 1. The van der Waals surface area contributed by atoms with Crippen molar-refractivity contribution in [3.63, 3.8) is 0 Å². The molecule has 0 saturated carbocycles. The quantitative estimate of drug-likeness (QED) is 0.0728. The number of hydrogen-bond donors (Lipinski definition) is 0. The summed E-state index contributed by atoms with van der Waals surface area (Å²) in [6.07, 6.45) is 13.8. The number of fused-ring (bicyclic) bond motifs is 6. The van der Waals surface area contributed by atoms with Crippen LogP contribution < -0.4 is 0 Å². The molecule has 10 aromatic rings. The van der Waals surface area contributed by atoms with Crippen LogP contribution in [0.4, 0.5) is 25.2 Å². The summed E-state index contributed by atoms with van der Waals surface area (Å²) in [6.45, 7) is 0. The van der Waals surface area contributed by atoms with Gasteiger partial charge >= 0.3 is 52.5 Å². The van der Waals surface area contributed by atoms with Gasteiger partial charge in [-0.05, 0) is 97.1 Å². The van der Waals surface area contributed by atoms with Gasteiger partial charge in [0.05, 0.1) is 57.4 Å². The van der Waals surface area contributed by atoms with Crippen LogP contribution in [0, 0.1) is 0 Å². The molecule has 9 heterocycles. The van der Waals surface area contributed by atoms with Crippen molar-refractivity contribution in [1.29, 1.82) is 0 Å². The van der Waals surface area contributed by atoms with Crippen LogP contribution in [0.2, 0.25) is 0 Å². The third kappa shape index (κ3) is 11.6. The maximum absolute atomic E-state index is 10.7. The Hall–Kier alpha value is -6.83. The Kier molecular flexibility index (Phi) is 12.5. The third-order valence-electron chi connectivity index (χ3n) is 7.94. The summed E-state index contributed by atoms with van der Waals surface area (Å²) in [4.78, 5) is 35.8. The fourth-order valence-electron chi connectivity index (χ4n) is 5.61. The minimum absolute atomic E-state index is 0. The molecule has 0 atom stereocenters. The van der Waals surface area contributed by atoms with E-state index in [-0.39, 0.29) is 19.5 Å². The SMILES string of the molecule is F[P-](F)(F)(F)(F)F.[Ru+2].c1ccc(-c2ccccn2)nc1.c1ccc(-c2ccccn2)nc1.c1coc(-c2nc3c4cccnc4c4ncccc4c3nc2-c2ccco2)c1. The van der Waals surface area contributed by atoms with Crippen molar-refractivity contribution in [2.24, 2.45) is 0 Å². The van der Waals surface area contributed by atoms with Crippen LogP contribution in [-0.2, 0) is 19.5 Å². The van der Waals surface area contributed by atoms with Crippen molar-refractivity contribution in [1.82, 2.24) is 39.9 Å². The van der Waals surface area contributed by atoms with Crippen molar-refractivity contribution < 1.29 is 53.5 Å². The zero-order valence-corrected chi connectivity index (χ0v) is 33.3. The van der Waals surface area contributed by atoms with E-state index in [1.54, 1.807) is 49.7 Å². The first-order chi connectivity index (χ1) is 28.3. The summed E-state index contributed by atoms with van der Waals surface area (Å²) >= 11 is 0. The monoisotopic (exact) mass is 923 g/mol. The zero-order chi connectivity index (χ0) is 41.4.